The molecule has 4 heteroatoms. The number of rotatable bonds is 10. The Bertz CT molecular complexity index is 758. The molecule has 0 unspecified atom stereocenters. The molecule has 2 amide bonds. The maximum atomic E-state index is 13.0. The molecule has 0 fully saturated rings. The van der Waals surface area contributed by atoms with E-state index in [-0.39, 0.29) is 11.8 Å². The second-order valence-corrected chi connectivity index (χ2v) is 7.19. The van der Waals surface area contributed by atoms with Gasteiger partial charge in [0.25, 0.3) is 0 Å². The first-order valence-electron chi connectivity index (χ1n) is 10.2. The molecule has 150 valence electrons. The topological polar surface area (TPSA) is 49.4 Å². The van der Waals surface area contributed by atoms with Gasteiger partial charge in [0.15, 0.2) is 0 Å². The average molecular weight is 381 g/mol. The van der Waals surface area contributed by atoms with E-state index in [1.807, 2.05) is 75.4 Å². The van der Waals surface area contributed by atoms with Gasteiger partial charge in [-0.15, -0.1) is 0 Å². The lowest BCUT2D eigenvalue weighted by molar-refractivity contribution is -0.141. The van der Waals surface area contributed by atoms with Gasteiger partial charge in [-0.3, -0.25) is 9.59 Å². The molecule has 1 N–H and O–H groups in total. The van der Waals surface area contributed by atoms with E-state index in [0.717, 1.165) is 29.5 Å². The zero-order valence-corrected chi connectivity index (χ0v) is 17.3. The predicted octanol–water partition coefficient (Wildman–Crippen LogP) is 4.26. The Morgan fingerprint density at radius 3 is 2.29 bits per heavy atom. The molecule has 28 heavy (non-hydrogen) atoms. The third-order valence-corrected chi connectivity index (χ3v) is 4.89. The summed E-state index contributed by atoms with van der Waals surface area (Å²) in [5.41, 5.74) is 3.26. The lowest BCUT2D eigenvalue weighted by atomic mass is 10.0. The number of carbonyl (C=O) groups is 2. The molecule has 0 radical (unpaired) electrons. The van der Waals surface area contributed by atoms with Gasteiger partial charge in [-0.2, -0.15) is 0 Å². The Kier molecular flexibility index (Phi) is 8.73. The highest BCUT2D eigenvalue weighted by molar-refractivity contribution is 5.88. The minimum Gasteiger partial charge on any atom is -0.354 e. The summed E-state index contributed by atoms with van der Waals surface area (Å²) >= 11 is 0. The van der Waals surface area contributed by atoms with Crippen molar-refractivity contribution in [2.24, 2.45) is 0 Å². The molecule has 0 heterocycles. The molecule has 0 saturated carbocycles. The molecule has 0 aromatic heterocycles. The van der Waals surface area contributed by atoms with Crippen LogP contribution in [0.15, 0.2) is 54.6 Å². The van der Waals surface area contributed by atoms with E-state index >= 15 is 0 Å². The summed E-state index contributed by atoms with van der Waals surface area (Å²) in [5.74, 6) is -0.0536. The molecule has 2 rings (SSSR count). The number of nitrogens with one attached hydrogen (secondary N) is 1. The molecule has 0 aliphatic heterocycles. The third kappa shape index (κ3) is 6.22. The second-order valence-electron chi connectivity index (χ2n) is 7.19. The fourth-order valence-corrected chi connectivity index (χ4v) is 3.25. The minimum atomic E-state index is -0.521. The molecule has 0 aliphatic carbocycles. The van der Waals surface area contributed by atoms with Gasteiger partial charge in [-0.1, -0.05) is 68.4 Å². The van der Waals surface area contributed by atoms with Crippen molar-refractivity contribution in [2.45, 2.75) is 59.0 Å². The van der Waals surface area contributed by atoms with Gasteiger partial charge in [0.2, 0.25) is 11.8 Å². The van der Waals surface area contributed by atoms with Gasteiger partial charge in [0.1, 0.15) is 6.04 Å². The summed E-state index contributed by atoms with van der Waals surface area (Å²) < 4.78 is 0. The van der Waals surface area contributed by atoms with E-state index in [0.29, 0.717) is 25.9 Å². The first kappa shape index (κ1) is 21.7. The Morgan fingerprint density at radius 2 is 1.64 bits per heavy atom. The number of amides is 2. The number of carbonyl (C=O) groups excluding carboxylic acids is 2. The number of hydrogen-bond donors (Lipinski definition) is 1. The van der Waals surface area contributed by atoms with Crippen LogP contribution in [0.5, 0.6) is 0 Å². The highest BCUT2D eigenvalue weighted by Crippen LogP contribution is 2.18. The van der Waals surface area contributed by atoms with Crippen LogP contribution in [0.2, 0.25) is 0 Å². The van der Waals surface area contributed by atoms with Crippen LogP contribution in [0.3, 0.4) is 0 Å². The Hall–Kier alpha value is -2.62. The maximum Gasteiger partial charge on any atom is 0.243 e. The third-order valence-electron chi connectivity index (χ3n) is 4.89. The van der Waals surface area contributed by atoms with Crippen molar-refractivity contribution >= 4 is 11.8 Å². The highest BCUT2D eigenvalue weighted by Gasteiger charge is 2.29. The zero-order valence-electron chi connectivity index (χ0n) is 17.3. The molecule has 2 aromatic rings. The summed E-state index contributed by atoms with van der Waals surface area (Å²) in [6.45, 7) is 7.13. The Morgan fingerprint density at radius 1 is 0.964 bits per heavy atom. The summed E-state index contributed by atoms with van der Waals surface area (Å²) in [6, 6.07) is 17.4. The van der Waals surface area contributed by atoms with Crippen LogP contribution in [-0.4, -0.2) is 29.3 Å². The van der Waals surface area contributed by atoms with Crippen molar-refractivity contribution in [1.29, 1.82) is 0 Å². The van der Waals surface area contributed by atoms with Gasteiger partial charge in [-0.05, 0) is 36.5 Å². The smallest absolute Gasteiger partial charge is 0.243 e. The van der Waals surface area contributed by atoms with E-state index in [1.54, 1.807) is 4.90 Å². The highest BCUT2D eigenvalue weighted by atomic mass is 16.2. The number of benzene rings is 2. The summed E-state index contributed by atoms with van der Waals surface area (Å²) in [7, 11) is 0. The van der Waals surface area contributed by atoms with Gasteiger partial charge in [0, 0.05) is 25.9 Å². The van der Waals surface area contributed by atoms with Crippen molar-refractivity contribution in [1.82, 2.24) is 10.2 Å². The van der Waals surface area contributed by atoms with Crippen LogP contribution in [0.4, 0.5) is 0 Å². The summed E-state index contributed by atoms with van der Waals surface area (Å²) in [5, 5.41) is 3.00. The van der Waals surface area contributed by atoms with E-state index < -0.39 is 6.04 Å². The van der Waals surface area contributed by atoms with E-state index in [2.05, 4.69) is 5.32 Å². The predicted molar refractivity (Wildman–Crippen MR) is 114 cm³/mol. The molecule has 2 aromatic carbocycles. The SMILES string of the molecule is CCCNC(=O)[C@H](Cc1ccccc1)N(Cc1ccccc1C)C(=O)CCC. The first-order chi connectivity index (χ1) is 13.6. The van der Waals surface area contributed by atoms with Crippen molar-refractivity contribution in [3.05, 3.63) is 71.3 Å². The molecular weight excluding hydrogens is 348 g/mol. The lowest BCUT2D eigenvalue weighted by Gasteiger charge is -2.32. The van der Waals surface area contributed by atoms with Crippen molar-refractivity contribution in [3.63, 3.8) is 0 Å². The van der Waals surface area contributed by atoms with Gasteiger partial charge in [0.05, 0.1) is 0 Å². The first-order valence-corrected chi connectivity index (χ1v) is 10.2. The van der Waals surface area contributed by atoms with Crippen LogP contribution in [0.1, 0.15) is 49.8 Å². The maximum absolute atomic E-state index is 13.0. The van der Waals surface area contributed by atoms with Crippen LogP contribution in [0.25, 0.3) is 0 Å². The van der Waals surface area contributed by atoms with Crippen molar-refractivity contribution < 1.29 is 9.59 Å². The van der Waals surface area contributed by atoms with Gasteiger partial charge < -0.3 is 10.2 Å². The zero-order chi connectivity index (χ0) is 20.4. The molecule has 4 nitrogen and oxygen atoms in total. The summed E-state index contributed by atoms with van der Waals surface area (Å²) in [4.78, 5) is 27.8. The standard InChI is InChI=1S/C24H32N2O2/c1-4-11-23(27)26(18-21-15-10-9-12-19(21)3)22(24(28)25-16-5-2)17-20-13-7-6-8-14-20/h6-10,12-15,22H,4-5,11,16-18H2,1-3H3,(H,25,28)/t22-/m0/s1. The lowest BCUT2D eigenvalue weighted by Crippen LogP contribution is -2.50. The molecular formula is C24H32N2O2. The second kappa shape index (κ2) is 11.3. The number of aryl methyl sites for hydroxylation is 1. The van der Waals surface area contributed by atoms with Crippen LogP contribution in [0, 0.1) is 6.92 Å². The van der Waals surface area contributed by atoms with Crippen LogP contribution in [-0.2, 0) is 22.6 Å². The van der Waals surface area contributed by atoms with E-state index in [4.69, 9.17) is 0 Å². The van der Waals surface area contributed by atoms with Crippen molar-refractivity contribution in [3.8, 4) is 0 Å². The molecule has 1 atom stereocenters. The number of nitrogens with zero attached hydrogens (tertiary/aromatic N) is 1. The number of hydrogen-bond acceptors (Lipinski definition) is 2. The Labute approximate surface area is 169 Å². The van der Waals surface area contributed by atoms with Crippen LogP contribution >= 0.6 is 0 Å². The fraction of sp³-hybridized carbons (Fsp3) is 0.417. The Balaban J connectivity index is 2.36. The molecule has 0 saturated heterocycles. The van der Waals surface area contributed by atoms with Gasteiger partial charge >= 0.3 is 0 Å². The normalized spacial score (nSPS) is 11.7. The monoisotopic (exact) mass is 380 g/mol. The fourth-order valence-electron chi connectivity index (χ4n) is 3.25. The molecule has 0 spiro atoms. The molecule has 0 bridgehead atoms. The van der Waals surface area contributed by atoms with Gasteiger partial charge in [-0.25, -0.2) is 0 Å². The van der Waals surface area contributed by atoms with Crippen LogP contribution < -0.4 is 5.32 Å². The minimum absolute atomic E-state index is 0.0262. The van der Waals surface area contributed by atoms with Crippen molar-refractivity contribution in [2.75, 3.05) is 6.54 Å². The quantitative estimate of drug-likeness (QED) is 0.669. The molecule has 0 aliphatic rings. The van der Waals surface area contributed by atoms with E-state index in [9.17, 15) is 9.59 Å². The summed E-state index contributed by atoms with van der Waals surface area (Å²) in [6.07, 6.45) is 2.58. The largest absolute Gasteiger partial charge is 0.354 e. The average Bonchev–Trinajstić information content (AvgIpc) is 2.71. The van der Waals surface area contributed by atoms with E-state index in [1.165, 1.54) is 0 Å².